The molecule has 0 radical (unpaired) electrons. The van der Waals surface area contributed by atoms with Gasteiger partial charge in [-0.1, -0.05) is 29.8 Å². The van der Waals surface area contributed by atoms with Gasteiger partial charge < -0.3 is 10.2 Å². The lowest BCUT2D eigenvalue weighted by Crippen LogP contribution is -2.40. The van der Waals surface area contributed by atoms with Crippen LogP contribution in [0.1, 0.15) is 31.4 Å². The van der Waals surface area contributed by atoms with Crippen molar-refractivity contribution in [3.05, 3.63) is 34.9 Å². The second-order valence-corrected chi connectivity index (χ2v) is 5.04. The molecule has 0 bridgehead atoms. The van der Waals surface area contributed by atoms with Crippen LogP contribution in [-0.2, 0) is 0 Å². The Bertz CT molecular complexity index is 446. The van der Waals surface area contributed by atoms with Crippen LogP contribution in [0, 0.1) is 0 Å². The molecule has 2 N–H and O–H groups in total. The number of carbonyl (C=O) groups is 1. The number of aliphatic hydroxyl groups is 1. The third-order valence-corrected chi connectivity index (χ3v) is 3.49. The van der Waals surface area contributed by atoms with Crippen molar-refractivity contribution in [2.75, 3.05) is 0 Å². The van der Waals surface area contributed by atoms with Gasteiger partial charge in [-0.15, -0.1) is 0 Å². The molecule has 1 unspecified atom stereocenters. The molecule has 1 saturated carbocycles. The minimum absolute atomic E-state index is 0.00151. The van der Waals surface area contributed by atoms with Gasteiger partial charge in [-0.3, -0.25) is 4.90 Å². The van der Waals surface area contributed by atoms with Crippen LogP contribution in [0.25, 0.3) is 0 Å². The quantitative estimate of drug-likeness (QED) is 0.883. The van der Waals surface area contributed by atoms with Gasteiger partial charge in [0.25, 0.3) is 0 Å². The lowest BCUT2D eigenvalue weighted by Gasteiger charge is -2.32. The van der Waals surface area contributed by atoms with Crippen LogP contribution in [0.15, 0.2) is 24.3 Å². The largest absolute Gasteiger partial charge is 0.465 e. The lowest BCUT2D eigenvalue weighted by atomic mass is 10.0. The number of benzene rings is 1. The second-order valence-electron chi connectivity index (χ2n) is 4.63. The molecule has 1 aromatic carbocycles. The first-order chi connectivity index (χ1) is 8.52. The summed E-state index contributed by atoms with van der Waals surface area (Å²) in [6.07, 6.45) is -0.120. The van der Waals surface area contributed by atoms with Gasteiger partial charge in [0, 0.05) is 11.1 Å². The molecule has 0 aliphatic heterocycles. The Morgan fingerprint density at radius 1 is 1.44 bits per heavy atom. The van der Waals surface area contributed by atoms with Crippen LogP contribution < -0.4 is 0 Å². The van der Waals surface area contributed by atoms with Crippen molar-refractivity contribution in [1.29, 1.82) is 0 Å². The van der Waals surface area contributed by atoms with Gasteiger partial charge in [0.1, 0.15) is 0 Å². The fourth-order valence-electron chi connectivity index (χ4n) is 2.21. The number of amides is 1. The van der Waals surface area contributed by atoms with Crippen LogP contribution in [0.3, 0.4) is 0 Å². The van der Waals surface area contributed by atoms with Gasteiger partial charge >= 0.3 is 6.09 Å². The highest BCUT2D eigenvalue weighted by molar-refractivity contribution is 6.31. The maximum Gasteiger partial charge on any atom is 0.408 e. The summed E-state index contributed by atoms with van der Waals surface area (Å²) >= 11 is 6.11. The standard InChI is InChI=1S/C13H16ClNO3/c1-8(16)12(10-4-2-3-5-11(10)14)15(13(17)18)9-6-7-9/h2-5,8-9,12,16H,6-7H2,1H3,(H,17,18)/t8-,12?/m0/s1. The minimum Gasteiger partial charge on any atom is -0.465 e. The van der Waals surface area contributed by atoms with E-state index in [1.54, 1.807) is 31.2 Å². The van der Waals surface area contributed by atoms with Gasteiger partial charge in [-0.2, -0.15) is 0 Å². The Kier molecular flexibility index (Phi) is 3.78. The molecule has 0 aromatic heterocycles. The van der Waals surface area contributed by atoms with Crippen molar-refractivity contribution < 1.29 is 15.0 Å². The molecule has 0 saturated heterocycles. The fraction of sp³-hybridized carbons (Fsp3) is 0.462. The SMILES string of the molecule is C[C@H](O)C(c1ccccc1Cl)N(C(=O)O)C1CC1. The van der Waals surface area contributed by atoms with Crippen LogP contribution >= 0.6 is 11.6 Å². The van der Waals surface area contributed by atoms with Gasteiger partial charge in [0.2, 0.25) is 0 Å². The Labute approximate surface area is 111 Å². The molecule has 0 spiro atoms. The number of halogens is 1. The molecule has 1 aliphatic carbocycles. The zero-order valence-corrected chi connectivity index (χ0v) is 10.8. The molecule has 0 heterocycles. The molecular weight excluding hydrogens is 254 g/mol. The molecule has 1 amide bonds. The van der Waals surface area contributed by atoms with E-state index >= 15 is 0 Å². The highest BCUT2D eigenvalue weighted by Gasteiger charge is 2.40. The first kappa shape index (κ1) is 13.2. The van der Waals surface area contributed by atoms with E-state index in [0.717, 1.165) is 12.8 Å². The lowest BCUT2D eigenvalue weighted by molar-refractivity contribution is 0.0527. The third kappa shape index (κ3) is 2.60. The molecule has 1 aromatic rings. The molecule has 18 heavy (non-hydrogen) atoms. The number of hydrogen-bond acceptors (Lipinski definition) is 2. The van der Waals surface area contributed by atoms with E-state index in [9.17, 15) is 15.0 Å². The van der Waals surface area contributed by atoms with E-state index < -0.39 is 18.2 Å². The number of aliphatic hydroxyl groups excluding tert-OH is 1. The molecule has 2 rings (SSSR count). The molecule has 2 atom stereocenters. The molecule has 5 heteroatoms. The zero-order chi connectivity index (χ0) is 13.3. The van der Waals surface area contributed by atoms with E-state index in [1.165, 1.54) is 4.90 Å². The van der Waals surface area contributed by atoms with Crippen molar-refractivity contribution in [2.24, 2.45) is 0 Å². The van der Waals surface area contributed by atoms with Crippen molar-refractivity contribution in [3.63, 3.8) is 0 Å². The Morgan fingerprint density at radius 3 is 2.50 bits per heavy atom. The summed E-state index contributed by atoms with van der Waals surface area (Å²) in [6.45, 7) is 1.59. The highest BCUT2D eigenvalue weighted by atomic mass is 35.5. The topological polar surface area (TPSA) is 60.8 Å². The predicted molar refractivity (Wildman–Crippen MR) is 68.8 cm³/mol. The van der Waals surface area contributed by atoms with Crippen molar-refractivity contribution in [2.45, 2.75) is 38.0 Å². The van der Waals surface area contributed by atoms with Crippen molar-refractivity contribution in [1.82, 2.24) is 4.90 Å². The van der Waals surface area contributed by atoms with Crippen molar-refractivity contribution in [3.8, 4) is 0 Å². The summed E-state index contributed by atoms with van der Waals surface area (Å²) in [7, 11) is 0. The first-order valence-corrected chi connectivity index (χ1v) is 6.34. The van der Waals surface area contributed by atoms with E-state index in [2.05, 4.69) is 0 Å². The maximum atomic E-state index is 11.4. The van der Waals surface area contributed by atoms with Gasteiger partial charge in [0.15, 0.2) is 0 Å². The normalized spacial score (nSPS) is 18.2. The highest BCUT2D eigenvalue weighted by Crippen LogP contribution is 2.38. The Hall–Kier alpha value is -1.26. The molecular formula is C13H16ClNO3. The number of hydrogen-bond donors (Lipinski definition) is 2. The summed E-state index contributed by atoms with van der Waals surface area (Å²) in [5.41, 5.74) is 0.656. The molecule has 1 fully saturated rings. The van der Waals surface area contributed by atoms with Gasteiger partial charge in [0.05, 0.1) is 12.1 Å². The predicted octanol–water partition coefficient (Wildman–Crippen LogP) is 2.90. The fourth-order valence-corrected chi connectivity index (χ4v) is 2.46. The average Bonchev–Trinajstić information content (AvgIpc) is 3.10. The van der Waals surface area contributed by atoms with Gasteiger partial charge in [-0.25, -0.2) is 4.79 Å². The van der Waals surface area contributed by atoms with Crippen LogP contribution in [0.2, 0.25) is 5.02 Å². The Balaban J connectivity index is 2.38. The second kappa shape index (κ2) is 5.16. The zero-order valence-electron chi connectivity index (χ0n) is 10.1. The molecule has 1 aliphatic rings. The number of carboxylic acid groups (broad SMARTS) is 1. The summed E-state index contributed by atoms with van der Waals surface area (Å²) in [6, 6.07) is 6.44. The van der Waals surface area contributed by atoms with Crippen LogP contribution in [0.4, 0.5) is 4.79 Å². The summed E-state index contributed by atoms with van der Waals surface area (Å²) in [5, 5.41) is 19.7. The summed E-state index contributed by atoms with van der Waals surface area (Å²) in [5.74, 6) is 0. The van der Waals surface area contributed by atoms with E-state index in [-0.39, 0.29) is 6.04 Å². The number of rotatable bonds is 4. The molecule has 4 nitrogen and oxygen atoms in total. The summed E-state index contributed by atoms with van der Waals surface area (Å²) in [4.78, 5) is 12.7. The maximum absolute atomic E-state index is 11.4. The first-order valence-electron chi connectivity index (χ1n) is 5.96. The van der Waals surface area contributed by atoms with Crippen LogP contribution in [0.5, 0.6) is 0 Å². The Morgan fingerprint density at radius 2 is 2.06 bits per heavy atom. The van der Waals surface area contributed by atoms with E-state index in [1.807, 2.05) is 0 Å². The minimum atomic E-state index is -1.01. The monoisotopic (exact) mass is 269 g/mol. The number of nitrogens with zero attached hydrogens (tertiary/aromatic N) is 1. The van der Waals surface area contributed by atoms with E-state index in [0.29, 0.717) is 10.6 Å². The smallest absolute Gasteiger partial charge is 0.408 e. The van der Waals surface area contributed by atoms with Crippen molar-refractivity contribution >= 4 is 17.7 Å². The van der Waals surface area contributed by atoms with E-state index in [4.69, 9.17) is 11.6 Å². The van der Waals surface area contributed by atoms with Gasteiger partial charge in [-0.05, 0) is 31.4 Å². The third-order valence-electron chi connectivity index (χ3n) is 3.14. The molecule has 98 valence electrons. The summed E-state index contributed by atoms with van der Waals surface area (Å²) < 4.78 is 0. The average molecular weight is 270 g/mol. The van der Waals surface area contributed by atoms with Crippen LogP contribution in [-0.4, -0.2) is 33.4 Å².